The molecule has 2 aliphatic rings. The molecule has 1 saturated heterocycles. The first-order valence-electron chi connectivity index (χ1n) is 7.17. The summed E-state index contributed by atoms with van der Waals surface area (Å²) in [6.07, 6.45) is 1.90. The summed E-state index contributed by atoms with van der Waals surface area (Å²) in [6, 6.07) is 10.8. The highest BCUT2D eigenvalue weighted by molar-refractivity contribution is 6.08. The third-order valence-corrected chi connectivity index (χ3v) is 4.36. The van der Waals surface area contributed by atoms with Gasteiger partial charge in [-0.1, -0.05) is 12.1 Å². The van der Waals surface area contributed by atoms with Crippen molar-refractivity contribution in [3.8, 4) is 0 Å². The van der Waals surface area contributed by atoms with E-state index in [2.05, 4.69) is 0 Å². The summed E-state index contributed by atoms with van der Waals surface area (Å²) >= 11 is 0. The van der Waals surface area contributed by atoms with Crippen LogP contribution in [-0.4, -0.2) is 42.0 Å². The average Bonchev–Trinajstić information content (AvgIpc) is 2.95. The van der Waals surface area contributed by atoms with Gasteiger partial charge in [-0.2, -0.15) is 0 Å². The maximum atomic E-state index is 12.7. The second-order valence-electron chi connectivity index (χ2n) is 5.65. The SMILES string of the molecule is CN1CC(=O)N2c3ccccc3N(C)n3cccc3C2C1=O. The van der Waals surface area contributed by atoms with E-state index in [1.807, 2.05) is 59.3 Å². The number of para-hydroxylation sites is 2. The van der Waals surface area contributed by atoms with E-state index in [9.17, 15) is 9.59 Å². The molecule has 6 heteroatoms. The molecular formula is C16H16N4O2. The number of hydrogen-bond donors (Lipinski definition) is 0. The first-order valence-corrected chi connectivity index (χ1v) is 7.17. The van der Waals surface area contributed by atoms with Crippen molar-refractivity contribution in [1.82, 2.24) is 9.58 Å². The van der Waals surface area contributed by atoms with Crippen molar-refractivity contribution in [2.75, 3.05) is 30.5 Å². The summed E-state index contributed by atoms with van der Waals surface area (Å²) in [7, 11) is 3.60. The zero-order valence-corrected chi connectivity index (χ0v) is 12.4. The summed E-state index contributed by atoms with van der Waals surface area (Å²) in [6.45, 7) is 0.105. The van der Waals surface area contributed by atoms with Crippen molar-refractivity contribution in [3.05, 3.63) is 48.3 Å². The number of benzene rings is 1. The number of aromatic nitrogens is 1. The van der Waals surface area contributed by atoms with Gasteiger partial charge in [-0.15, -0.1) is 0 Å². The molecule has 2 aliphatic heterocycles. The lowest BCUT2D eigenvalue weighted by Crippen LogP contribution is -2.54. The van der Waals surface area contributed by atoms with Crippen LogP contribution < -0.4 is 9.91 Å². The summed E-state index contributed by atoms with van der Waals surface area (Å²) in [5.41, 5.74) is 2.46. The molecule has 0 spiro atoms. The molecule has 6 nitrogen and oxygen atoms in total. The average molecular weight is 296 g/mol. The van der Waals surface area contributed by atoms with E-state index < -0.39 is 6.04 Å². The molecule has 0 radical (unpaired) electrons. The number of anilines is 2. The first kappa shape index (κ1) is 12.9. The Labute approximate surface area is 128 Å². The molecule has 1 atom stereocenters. The minimum atomic E-state index is -0.618. The Hall–Kier alpha value is -2.76. The minimum absolute atomic E-state index is 0.0651. The molecule has 112 valence electrons. The Morgan fingerprint density at radius 3 is 2.50 bits per heavy atom. The first-order chi connectivity index (χ1) is 10.6. The second kappa shape index (κ2) is 4.37. The lowest BCUT2D eigenvalue weighted by molar-refractivity contribution is -0.140. The van der Waals surface area contributed by atoms with Gasteiger partial charge in [-0.25, -0.2) is 0 Å². The van der Waals surface area contributed by atoms with Crippen molar-refractivity contribution in [3.63, 3.8) is 0 Å². The summed E-state index contributed by atoms with van der Waals surface area (Å²) in [4.78, 5) is 28.5. The maximum absolute atomic E-state index is 12.7. The standard InChI is InChI=1S/C16H16N4O2/c1-17-10-14(21)20-12-7-4-3-6-11(12)18(2)19-9-5-8-13(19)15(20)16(17)22/h3-9,15H,10H2,1-2H3. The van der Waals surface area contributed by atoms with Crippen LogP contribution in [0.15, 0.2) is 42.6 Å². The fraction of sp³-hybridized carbons (Fsp3) is 0.250. The van der Waals surface area contributed by atoms with E-state index in [1.165, 1.54) is 4.90 Å². The molecule has 1 aromatic carbocycles. The van der Waals surface area contributed by atoms with Crippen LogP contribution in [0.2, 0.25) is 0 Å². The van der Waals surface area contributed by atoms with Crippen molar-refractivity contribution in [1.29, 1.82) is 0 Å². The number of fused-ring (bicyclic) bond motifs is 5. The van der Waals surface area contributed by atoms with Gasteiger partial charge in [0.05, 0.1) is 23.6 Å². The molecule has 1 fully saturated rings. The zero-order chi connectivity index (χ0) is 15.4. The van der Waals surface area contributed by atoms with Crippen LogP contribution in [0.1, 0.15) is 11.7 Å². The van der Waals surface area contributed by atoms with Gasteiger partial charge in [0.25, 0.3) is 5.91 Å². The number of piperazine rings is 1. The van der Waals surface area contributed by atoms with Crippen molar-refractivity contribution >= 4 is 23.2 Å². The van der Waals surface area contributed by atoms with Gasteiger partial charge < -0.3 is 4.90 Å². The third kappa shape index (κ3) is 1.55. The van der Waals surface area contributed by atoms with Crippen molar-refractivity contribution in [2.45, 2.75) is 6.04 Å². The number of nitrogens with zero attached hydrogens (tertiary/aromatic N) is 4. The van der Waals surface area contributed by atoms with Gasteiger partial charge in [0.2, 0.25) is 5.91 Å². The normalized spacial score (nSPS) is 20.5. The largest absolute Gasteiger partial charge is 0.334 e. The lowest BCUT2D eigenvalue weighted by atomic mass is 10.1. The van der Waals surface area contributed by atoms with Gasteiger partial charge in [0.15, 0.2) is 6.04 Å². The Kier molecular flexibility index (Phi) is 2.57. The highest BCUT2D eigenvalue weighted by Crippen LogP contribution is 2.41. The quantitative estimate of drug-likeness (QED) is 0.735. The fourth-order valence-electron chi connectivity index (χ4n) is 3.29. The van der Waals surface area contributed by atoms with Crippen LogP contribution in [0.4, 0.5) is 11.4 Å². The van der Waals surface area contributed by atoms with E-state index in [-0.39, 0.29) is 18.4 Å². The second-order valence-corrected chi connectivity index (χ2v) is 5.65. The molecule has 0 N–H and O–H groups in total. The molecule has 2 amide bonds. The van der Waals surface area contributed by atoms with Crippen LogP contribution in [0, 0.1) is 0 Å². The molecule has 1 unspecified atom stereocenters. The number of carbonyl (C=O) groups excluding carboxylic acids is 2. The van der Waals surface area contributed by atoms with E-state index in [1.54, 1.807) is 11.9 Å². The molecule has 4 rings (SSSR count). The molecule has 22 heavy (non-hydrogen) atoms. The predicted octanol–water partition coefficient (Wildman–Crippen LogP) is 1.25. The van der Waals surface area contributed by atoms with Gasteiger partial charge in [0.1, 0.15) is 0 Å². The number of carbonyl (C=O) groups is 2. The van der Waals surface area contributed by atoms with Crippen LogP contribution in [0.25, 0.3) is 0 Å². The summed E-state index contributed by atoms with van der Waals surface area (Å²) < 4.78 is 1.92. The highest BCUT2D eigenvalue weighted by atomic mass is 16.2. The van der Waals surface area contributed by atoms with Gasteiger partial charge in [0, 0.05) is 20.3 Å². The van der Waals surface area contributed by atoms with E-state index in [0.717, 1.165) is 17.1 Å². The Morgan fingerprint density at radius 1 is 1.00 bits per heavy atom. The number of likely N-dealkylation sites (N-methyl/N-ethyl adjacent to an activating group) is 1. The highest BCUT2D eigenvalue weighted by Gasteiger charge is 2.44. The minimum Gasteiger partial charge on any atom is -0.334 e. The number of amides is 2. The Morgan fingerprint density at radius 2 is 1.73 bits per heavy atom. The van der Waals surface area contributed by atoms with E-state index in [0.29, 0.717) is 0 Å². The van der Waals surface area contributed by atoms with Crippen molar-refractivity contribution in [2.24, 2.45) is 0 Å². The van der Waals surface area contributed by atoms with E-state index in [4.69, 9.17) is 0 Å². The Balaban J connectivity index is 2.03. The van der Waals surface area contributed by atoms with Gasteiger partial charge in [-0.3, -0.25) is 24.2 Å². The molecule has 3 heterocycles. The topological polar surface area (TPSA) is 48.8 Å². The monoisotopic (exact) mass is 296 g/mol. The number of hydrogen-bond acceptors (Lipinski definition) is 3. The van der Waals surface area contributed by atoms with E-state index >= 15 is 0 Å². The molecule has 0 bridgehead atoms. The zero-order valence-electron chi connectivity index (χ0n) is 12.4. The maximum Gasteiger partial charge on any atom is 0.252 e. The number of rotatable bonds is 0. The molecule has 0 aliphatic carbocycles. The molecule has 0 saturated carbocycles. The smallest absolute Gasteiger partial charge is 0.252 e. The predicted molar refractivity (Wildman–Crippen MR) is 82.5 cm³/mol. The van der Waals surface area contributed by atoms with Gasteiger partial charge >= 0.3 is 0 Å². The molecule has 1 aromatic heterocycles. The lowest BCUT2D eigenvalue weighted by Gasteiger charge is -2.37. The summed E-state index contributed by atoms with van der Waals surface area (Å²) in [5.74, 6) is -0.132. The van der Waals surface area contributed by atoms with Crippen molar-refractivity contribution < 1.29 is 9.59 Å². The molecular weight excluding hydrogens is 280 g/mol. The Bertz CT molecular complexity index is 782. The summed E-state index contributed by atoms with van der Waals surface area (Å²) in [5, 5.41) is 1.96. The van der Waals surface area contributed by atoms with Crippen LogP contribution >= 0.6 is 0 Å². The fourth-order valence-corrected chi connectivity index (χ4v) is 3.29. The van der Waals surface area contributed by atoms with Crippen LogP contribution in [0.3, 0.4) is 0 Å². The van der Waals surface area contributed by atoms with Crippen LogP contribution in [-0.2, 0) is 9.59 Å². The van der Waals surface area contributed by atoms with Gasteiger partial charge in [-0.05, 0) is 24.3 Å². The third-order valence-electron chi connectivity index (χ3n) is 4.36. The van der Waals surface area contributed by atoms with Crippen LogP contribution in [0.5, 0.6) is 0 Å². The molecule has 2 aromatic rings.